The lowest BCUT2D eigenvalue weighted by Gasteiger charge is -2.35. The zero-order valence-corrected chi connectivity index (χ0v) is 14.7. The molecule has 1 aliphatic rings. The summed E-state index contributed by atoms with van der Waals surface area (Å²) in [6.07, 6.45) is -0.304. The first-order valence-corrected chi connectivity index (χ1v) is 8.39. The molecule has 0 radical (unpaired) electrons. The molecule has 0 saturated carbocycles. The summed E-state index contributed by atoms with van der Waals surface area (Å²) in [7, 11) is 0. The number of carbonyl (C=O) groups is 2. The van der Waals surface area contributed by atoms with E-state index < -0.39 is 5.60 Å². The van der Waals surface area contributed by atoms with Gasteiger partial charge in [0.2, 0.25) is 0 Å². The Morgan fingerprint density at radius 3 is 2.09 bits per heavy atom. The largest absolute Gasteiger partial charge is 0.444 e. The molecule has 122 valence electrons. The fraction of sp³-hybridized carbons (Fsp3) is 0.625. The highest BCUT2D eigenvalue weighted by Crippen LogP contribution is 2.22. The minimum absolute atomic E-state index is 0.0608. The highest BCUT2D eigenvalue weighted by atomic mass is 32.1. The standard InChI is InChI=1S/C16H24N2O3S/c1-11-12(2)22-10-13(11)14(19)17-6-8-18(9-7-17)15(20)21-16(3,4)5/h10H,6-9H2,1-5H3. The van der Waals surface area contributed by atoms with Crippen LogP contribution in [0.1, 0.15) is 41.6 Å². The topological polar surface area (TPSA) is 49.9 Å². The third-order valence-corrected chi connectivity index (χ3v) is 4.75. The smallest absolute Gasteiger partial charge is 0.410 e. The second-order valence-electron chi connectivity index (χ2n) is 6.59. The molecule has 0 unspecified atom stereocenters. The van der Waals surface area contributed by atoms with Crippen molar-refractivity contribution < 1.29 is 14.3 Å². The number of hydrogen-bond donors (Lipinski definition) is 0. The maximum Gasteiger partial charge on any atom is 0.410 e. The zero-order chi connectivity index (χ0) is 16.5. The van der Waals surface area contributed by atoms with Gasteiger partial charge in [-0.05, 0) is 40.2 Å². The van der Waals surface area contributed by atoms with Crippen LogP contribution in [0, 0.1) is 13.8 Å². The molecule has 2 amide bonds. The SMILES string of the molecule is Cc1scc(C(=O)N2CCN(C(=O)OC(C)(C)C)CC2)c1C. The Morgan fingerprint density at radius 2 is 1.64 bits per heavy atom. The summed E-state index contributed by atoms with van der Waals surface area (Å²) >= 11 is 1.60. The van der Waals surface area contributed by atoms with Crippen LogP contribution in [0.3, 0.4) is 0 Å². The molecular formula is C16H24N2O3S. The van der Waals surface area contributed by atoms with Crippen LogP contribution in [0.2, 0.25) is 0 Å². The molecule has 0 spiro atoms. The number of nitrogens with zero attached hydrogens (tertiary/aromatic N) is 2. The van der Waals surface area contributed by atoms with E-state index in [1.54, 1.807) is 16.2 Å². The number of piperazine rings is 1. The number of carbonyl (C=O) groups excluding carboxylic acids is 2. The Morgan fingerprint density at radius 1 is 1.09 bits per heavy atom. The van der Waals surface area contributed by atoms with Crippen LogP contribution in [0.5, 0.6) is 0 Å². The molecule has 6 heteroatoms. The quantitative estimate of drug-likeness (QED) is 0.798. The van der Waals surface area contributed by atoms with Gasteiger partial charge >= 0.3 is 6.09 Å². The molecule has 1 fully saturated rings. The molecule has 0 bridgehead atoms. The second-order valence-corrected chi connectivity index (χ2v) is 7.67. The van der Waals surface area contributed by atoms with Gasteiger partial charge in [-0.1, -0.05) is 0 Å². The third-order valence-electron chi connectivity index (χ3n) is 3.73. The van der Waals surface area contributed by atoms with Gasteiger partial charge in [0, 0.05) is 36.4 Å². The molecule has 1 aromatic heterocycles. The molecule has 0 aliphatic carbocycles. The summed E-state index contributed by atoms with van der Waals surface area (Å²) < 4.78 is 5.37. The van der Waals surface area contributed by atoms with Gasteiger partial charge in [-0.15, -0.1) is 11.3 Å². The molecular weight excluding hydrogens is 300 g/mol. The third kappa shape index (κ3) is 3.80. The summed E-state index contributed by atoms with van der Waals surface area (Å²) in [5, 5.41) is 1.92. The van der Waals surface area contributed by atoms with Gasteiger partial charge in [-0.3, -0.25) is 4.79 Å². The fourth-order valence-electron chi connectivity index (χ4n) is 2.31. The Bertz CT molecular complexity index is 566. The molecule has 2 rings (SSSR count). The Hall–Kier alpha value is -1.56. The summed E-state index contributed by atoms with van der Waals surface area (Å²) in [4.78, 5) is 29.2. The van der Waals surface area contributed by atoms with Crippen molar-refractivity contribution in [3.05, 3.63) is 21.4 Å². The van der Waals surface area contributed by atoms with Crippen LogP contribution >= 0.6 is 11.3 Å². The lowest BCUT2D eigenvalue weighted by atomic mass is 10.1. The van der Waals surface area contributed by atoms with Gasteiger partial charge in [0.15, 0.2) is 0 Å². The molecule has 1 saturated heterocycles. The lowest BCUT2D eigenvalue weighted by molar-refractivity contribution is 0.0141. The van der Waals surface area contributed by atoms with Crippen molar-refractivity contribution in [3.8, 4) is 0 Å². The average molecular weight is 324 g/mol. The summed E-state index contributed by atoms with van der Waals surface area (Å²) in [5.41, 5.74) is 1.35. The molecule has 5 nitrogen and oxygen atoms in total. The van der Waals surface area contributed by atoms with Crippen LogP contribution < -0.4 is 0 Å². The van der Waals surface area contributed by atoms with Crippen molar-refractivity contribution in [2.24, 2.45) is 0 Å². The molecule has 1 aromatic rings. The van der Waals surface area contributed by atoms with Crippen LogP contribution in [0.15, 0.2) is 5.38 Å². The van der Waals surface area contributed by atoms with Gasteiger partial charge in [0.1, 0.15) is 5.60 Å². The van der Waals surface area contributed by atoms with Crippen molar-refractivity contribution in [3.63, 3.8) is 0 Å². The molecule has 0 atom stereocenters. The molecule has 22 heavy (non-hydrogen) atoms. The number of rotatable bonds is 1. The number of hydrogen-bond acceptors (Lipinski definition) is 4. The maximum absolute atomic E-state index is 12.5. The number of aryl methyl sites for hydroxylation is 1. The molecule has 2 heterocycles. The average Bonchev–Trinajstić information content (AvgIpc) is 2.76. The van der Waals surface area contributed by atoms with Crippen molar-refractivity contribution in [2.75, 3.05) is 26.2 Å². The predicted molar refractivity (Wildman–Crippen MR) is 87.5 cm³/mol. The van der Waals surface area contributed by atoms with E-state index in [2.05, 4.69) is 0 Å². The van der Waals surface area contributed by atoms with Crippen LogP contribution in [-0.4, -0.2) is 53.6 Å². The Labute approximate surface area is 135 Å². The summed E-state index contributed by atoms with van der Waals surface area (Å²) in [6.45, 7) is 11.7. The first-order chi connectivity index (χ1) is 10.2. The van der Waals surface area contributed by atoms with Gasteiger partial charge < -0.3 is 14.5 Å². The fourth-order valence-corrected chi connectivity index (χ4v) is 3.17. The predicted octanol–water partition coefficient (Wildman–Crippen LogP) is 3.06. The lowest BCUT2D eigenvalue weighted by Crippen LogP contribution is -2.51. The van der Waals surface area contributed by atoms with Crippen molar-refractivity contribution in [1.82, 2.24) is 9.80 Å². The van der Waals surface area contributed by atoms with Crippen LogP contribution in [0.25, 0.3) is 0 Å². The highest BCUT2D eigenvalue weighted by Gasteiger charge is 2.28. The highest BCUT2D eigenvalue weighted by molar-refractivity contribution is 7.10. The van der Waals surface area contributed by atoms with E-state index in [4.69, 9.17) is 4.74 Å². The van der Waals surface area contributed by atoms with Gasteiger partial charge in [0.25, 0.3) is 5.91 Å². The van der Waals surface area contributed by atoms with E-state index in [0.717, 1.165) is 11.1 Å². The molecule has 0 aromatic carbocycles. The normalized spacial score (nSPS) is 15.9. The van der Waals surface area contributed by atoms with Crippen LogP contribution in [0.4, 0.5) is 4.79 Å². The van der Waals surface area contributed by atoms with Gasteiger partial charge in [-0.25, -0.2) is 4.79 Å². The first-order valence-electron chi connectivity index (χ1n) is 7.51. The van der Waals surface area contributed by atoms with E-state index >= 15 is 0 Å². The number of thiophene rings is 1. The first kappa shape index (κ1) is 16.8. The number of amides is 2. The second kappa shape index (κ2) is 6.28. The van der Waals surface area contributed by atoms with Crippen molar-refractivity contribution in [2.45, 2.75) is 40.2 Å². The minimum atomic E-state index is -0.491. The zero-order valence-electron chi connectivity index (χ0n) is 13.9. The van der Waals surface area contributed by atoms with Gasteiger partial charge in [0.05, 0.1) is 5.56 Å². The summed E-state index contributed by atoms with van der Waals surface area (Å²) in [6, 6.07) is 0. The Kier molecular flexibility index (Phi) is 4.80. The maximum atomic E-state index is 12.5. The number of ether oxygens (including phenoxy) is 1. The van der Waals surface area contributed by atoms with E-state index in [1.807, 2.05) is 44.9 Å². The van der Waals surface area contributed by atoms with Crippen molar-refractivity contribution in [1.29, 1.82) is 0 Å². The molecule has 1 aliphatic heterocycles. The van der Waals surface area contributed by atoms with Crippen molar-refractivity contribution >= 4 is 23.3 Å². The van der Waals surface area contributed by atoms with E-state index in [9.17, 15) is 9.59 Å². The minimum Gasteiger partial charge on any atom is -0.444 e. The van der Waals surface area contributed by atoms with E-state index in [-0.39, 0.29) is 12.0 Å². The van der Waals surface area contributed by atoms with Gasteiger partial charge in [-0.2, -0.15) is 0 Å². The van der Waals surface area contributed by atoms with Crippen LogP contribution in [-0.2, 0) is 4.74 Å². The summed E-state index contributed by atoms with van der Waals surface area (Å²) in [5.74, 6) is 0.0608. The van der Waals surface area contributed by atoms with E-state index in [0.29, 0.717) is 26.2 Å². The molecule has 0 N–H and O–H groups in total. The Balaban J connectivity index is 1.93. The van der Waals surface area contributed by atoms with E-state index in [1.165, 1.54) is 4.88 Å². The monoisotopic (exact) mass is 324 g/mol.